The average Bonchev–Trinajstić information content (AvgIpc) is 2.74. The van der Waals surface area contributed by atoms with Crippen LogP contribution in [0.25, 0.3) is 0 Å². The maximum atomic E-state index is 13.1. The Bertz CT molecular complexity index is 926. The van der Waals surface area contributed by atoms with Gasteiger partial charge >= 0.3 is 0 Å². The number of nitrogens with zero attached hydrogens (tertiary/aromatic N) is 2. The number of halogens is 1. The van der Waals surface area contributed by atoms with Crippen molar-refractivity contribution in [3.8, 4) is 0 Å². The number of amides is 2. The third-order valence-corrected chi connectivity index (χ3v) is 4.64. The topological polar surface area (TPSA) is 71.0 Å². The molecular weight excluding hydrogens is 385 g/mol. The van der Waals surface area contributed by atoms with Crippen LogP contribution in [-0.4, -0.2) is 28.6 Å². The Kier molecular flexibility index (Phi) is 7.30. The Hall–Kier alpha value is -3.06. The molecular formula is C23H26FN3O3. The van der Waals surface area contributed by atoms with Gasteiger partial charge in [0.2, 0.25) is 5.91 Å². The number of hydrogen-bond donors (Lipinski definition) is 1. The smallest absolute Gasteiger partial charge is 0.267 e. The molecule has 0 radical (unpaired) electrons. The summed E-state index contributed by atoms with van der Waals surface area (Å²) in [6.07, 6.45) is 0.667. The second-order valence-corrected chi connectivity index (χ2v) is 7.49. The number of carbonyl (C=O) groups is 2. The number of hydrazone groups is 1. The number of nitrogens with one attached hydrogen (secondary N) is 1. The number of hydrogen-bond acceptors (Lipinski definition) is 4. The van der Waals surface area contributed by atoms with E-state index in [1.807, 2.05) is 38.1 Å². The van der Waals surface area contributed by atoms with Crippen LogP contribution < -0.4 is 5.32 Å². The van der Waals surface area contributed by atoms with Crippen molar-refractivity contribution in [3.63, 3.8) is 0 Å². The molecule has 0 fully saturated rings. The van der Waals surface area contributed by atoms with Crippen LogP contribution in [0.1, 0.15) is 43.4 Å². The Balaban J connectivity index is 1.59. The molecule has 1 N–H and O–H groups in total. The van der Waals surface area contributed by atoms with E-state index in [1.54, 1.807) is 12.1 Å². The summed E-state index contributed by atoms with van der Waals surface area (Å²) in [7, 11) is 0. The molecule has 2 amide bonds. The molecule has 2 aromatic rings. The largest absolute Gasteiger partial charge is 0.374 e. The van der Waals surface area contributed by atoms with Crippen LogP contribution in [0.4, 0.5) is 4.39 Å². The summed E-state index contributed by atoms with van der Waals surface area (Å²) in [5.74, 6) is -0.795. The van der Waals surface area contributed by atoms with Crippen molar-refractivity contribution >= 4 is 17.5 Å². The molecule has 3 rings (SSSR count). The van der Waals surface area contributed by atoms with Crippen LogP contribution >= 0.6 is 0 Å². The molecule has 30 heavy (non-hydrogen) atoms. The van der Waals surface area contributed by atoms with Gasteiger partial charge in [0, 0.05) is 19.4 Å². The Morgan fingerprint density at radius 2 is 1.87 bits per heavy atom. The number of carbonyl (C=O) groups excluding carboxylic acids is 2. The molecule has 1 heterocycles. The molecule has 0 atom stereocenters. The van der Waals surface area contributed by atoms with E-state index >= 15 is 0 Å². The van der Waals surface area contributed by atoms with Crippen molar-refractivity contribution in [3.05, 3.63) is 71.0 Å². The molecule has 0 saturated heterocycles. The van der Waals surface area contributed by atoms with Crippen LogP contribution in [-0.2, 0) is 34.0 Å². The van der Waals surface area contributed by atoms with Gasteiger partial charge < -0.3 is 10.1 Å². The summed E-state index contributed by atoms with van der Waals surface area (Å²) in [5, 5.41) is 8.38. The first-order valence-electron chi connectivity index (χ1n) is 10.0. The Morgan fingerprint density at radius 1 is 1.13 bits per heavy atom. The zero-order valence-corrected chi connectivity index (χ0v) is 17.2. The summed E-state index contributed by atoms with van der Waals surface area (Å²) >= 11 is 0. The van der Waals surface area contributed by atoms with E-state index in [2.05, 4.69) is 10.4 Å². The minimum Gasteiger partial charge on any atom is -0.374 e. The summed E-state index contributed by atoms with van der Waals surface area (Å²) in [6.45, 7) is 5.05. The van der Waals surface area contributed by atoms with E-state index in [0.717, 1.165) is 16.7 Å². The highest BCUT2D eigenvalue weighted by molar-refractivity contribution is 6.39. The highest BCUT2D eigenvalue weighted by Crippen LogP contribution is 2.15. The van der Waals surface area contributed by atoms with E-state index < -0.39 is 0 Å². The van der Waals surface area contributed by atoms with Gasteiger partial charge in [-0.15, -0.1) is 0 Å². The minimum absolute atomic E-state index is 0.151. The van der Waals surface area contributed by atoms with Gasteiger partial charge in [0.1, 0.15) is 11.5 Å². The molecule has 0 bridgehead atoms. The summed E-state index contributed by atoms with van der Waals surface area (Å²) < 4.78 is 18.7. The van der Waals surface area contributed by atoms with Crippen LogP contribution in [0, 0.1) is 5.82 Å². The molecule has 6 nitrogen and oxygen atoms in total. The third kappa shape index (κ3) is 6.22. The van der Waals surface area contributed by atoms with Crippen LogP contribution in [0.5, 0.6) is 0 Å². The van der Waals surface area contributed by atoms with Gasteiger partial charge in [-0.05, 0) is 42.7 Å². The standard InChI is InChI=1S/C23H26FN3O3/c1-16(2)30-15-19-5-3-4-18(12-19)13-25-23(29)21-10-11-22(28)27(26-21)14-17-6-8-20(24)9-7-17/h3-9,12,16H,10-11,13-15H2,1-2H3,(H,25,29). The Labute approximate surface area is 175 Å². The fourth-order valence-electron chi connectivity index (χ4n) is 3.03. The lowest BCUT2D eigenvalue weighted by atomic mass is 10.1. The predicted octanol–water partition coefficient (Wildman–Crippen LogP) is 3.55. The van der Waals surface area contributed by atoms with E-state index in [9.17, 15) is 14.0 Å². The van der Waals surface area contributed by atoms with Gasteiger partial charge in [-0.3, -0.25) is 9.59 Å². The number of benzene rings is 2. The molecule has 0 aliphatic carbocycles. The monoisotopic (exact) mass is 411 g/mol. The highest BCUT2D eigenvalue weighted by atomic mass is 19.1. The quantitative estimate of drug-likeness (QED) is 0.722. The van der Waals surface area contributed by atoms with Gasteiger partial charge in [0.15, 0.2) is 0 Å². The summed E-state index contributed by atoms with van der Waals surface area (Å²) in [6, 6.07) is 13.7. The van der Waals surface area contributed by atoms with Gasteiger partial charge in [-0.2, -0.15) is 5.10 Å². The molecule has 0 saturated carbocycles. The lowest BCUT2D eigenvalue weighted by molar-refractivity contribution is -0.132. The van der Waals surface area contributed by atoms with E-state index in [1.165, 1.54) is 17.1 Å². The molecule has 0 aromatic heterocycles. The maximum absolute atomic E-state index is 13.1. The zero-order valence-electron chi connectivity index (χ0n) is 17.2. The number of ether oxygens (including phenoxy) is 1. The third-order valence-electron chi connectivity index (χ3n) is 4.64. The fraction of sp³-hybridized carbons (Fsp3) is 0.348. The molecule has 158 valence electrons. The zero-order chi connectivity index (χ0) is 21.5. The second-order valence-electron chi connectivity index (χ2n) is 7.49. The molecule has 7 heteroatoms. The summed E-state index contributed by atoms with van der Waals surface area (Å²) in [4.78, 5) is 24.7. The van der Waals surface area contributed by atoms with E-state index in [4.69, 9.17) is 4.74 Å². The van der Waals surface area contributed by atoms with Crippen LogP contribution in [0.2, 0.25) is 0 Å². The van der Waals surface area contributed by atoms with Crippen molar-refractivity contribution < 1.29 is 18.7 Å². The van der Waals surface area contributed by atoms with Crippen molar-refractivity contribution in [1.82, 2.24) is 10.3 Å². The first-order chi connectivity index (χ1) is 14.4. The molecule has 0 spiro atoms. The number of rotatable bonds is 8. The lowest BCUT2D eigenvalue weighted by Gasteiger charge is -2.23. The second kappa shape index (κ2) is 10.1. The maximum Gasteiger partial charge on any atom is 0.267 e. The first kappa shape index (κ1) is 21.6. The molecule has 0 unspecified atom stereocenters. The molecule has 2 aromatic carbocycles. The Morgan fingerprint density at radius 3 is 2.60 bits per heavy atom. The van der Waals surface area contributed by atoms with Crippen LogP contribution in [0.15, 0.2) is 53.6 Å². The normalized spacial score (nSPS) is 14.1. The van der Waals surface area contributed by atoms with Crippen molar-refractivity contribution in [2.45, 2.75) is 52.5 Å². The molecule has 1 aliphatic heterocycles. The van der Waals surface area contributed by atoms with Crippen molar-refractivity contribution in [2.24, 2.45) is 5.10 Å². The minimum atomic E-state index is -0.341. The van der Waals surface area contributed by atoms with Gasteiger partial charge in [-0.1, -0.05) is 36.4 Å². The van der Waals surface area contributed by atoms with Gasteiger partial charge in [0.25, 0.3) is 5.91 Å². The van der Waals surface area contributed by atoms with E-state index in [0.29, 0.717) is 25.3 Å². The SMILES string of the molecule is CC(C)OCc1cccc(CNC(=O)C2=NN(Cc3ccc(F)cc3)C(=O)CC2)c1. The average molecular weight is 411 g/mol. The summed E-state index contributed by atoms with van der Waals surface area (Å²) in [5.41, 5.74) is 3.07. The lowest BCUT2D eigenvalue weighted by Crippen LogP contribution is -2.38. The van der Waals surface area contributed by atoms with Crippen molar-refractivity contribution in [1.29, 1.82) is 0 Å². The highest BCUT2D eigenvalue weighted by Gasteiger charge is 2.24. The van der Waals surface area contributed by atoms with Crippen molar-refractivity contribution in [2.75, 3.05) is 0 Å². The fourth-order valence-corrected chi connectivity index (χ4v) is 3.03. The predicted molar refractivity (Wildman–Crippen MR) is 112 cm³/mol. The first-order valence-corrected chi connectivity index (χ1v) is 10.0. The van der Waals surface area contributed by atoms with Gasteiger partial charge in [0.05, 0.1) is 19.3 Å². The van der Waals surface area contributed by atoms with E-state index in [-0.39, 0.29) is 36.7 Å². The molecule has 1 aliphatic rings. The van der Waals surface area contributed by atoms with Crippen LogP contribution in [0.3, 0.4) is 0 Å². The van der Waals surface area contributed by atoms with Gasteiger partial charge in [-0.25, -0.2) is 9.40 Å².